The Balaban J connectivity index is 2.24. The molecule has 4 bridgehead atoms. The van der Waals surface area contributed by atoms with Gasteiger partial charge in [0.15, 0.2) is 0 Å². The lowest BCUT2D eigenvalue weighted by molar-refractivity contribution is 1.16. The molecule has 4 aromatic heterocycles. The fraction of sp³-hybridized carbons (Fsp3) is 0. The van der Waals surface area contributed by atoms with Crippen molar-refractivity contribution in [1.29, 1.82) is 0 Å². The Morgan fingerprint density at radius 2 is 0.947 bits per heavy atom. The smallest absolute Gasteiger partial charge is 0.0462 e. The lowest BCUT2D eigenvalue weighted by atomic mass is 10.2. The van der Waals surface area contributed by atoms with Crippen molar-refractivity contribution >= 4 is 21.8 Å². The van der Waals surface area contributed by atoms with Crippen molar-refractivity contribution in [3.63, 3.8) is 0 Å². The summed E-state index contributed by atoms with van der Waals surface area (Å²) >= 11 is 0. The van der Waals surface area contributed by atoms with Crippen LogP contribution in [0.2, 0.25) is 0 Å². The van der Waals surface area contributed by atoms with Gasteiger partial charge in [-0.2, -0.15) is 0 Å². The average Bonchev–Trinajstić information content (AvgIpc) is 2.68. The van der Waals surface area contributed by atoms with Crippen LogP contribution in [0.5, 0.6) is 0 Å². The zero-order valence-electron chi connectivity index (χ0n) is 10.5. The van der Waals surface area contributed by atoms with E-state index in [9.17, 15) is 0 Å². The highest BCUT2D eigenvalue weighted by atomic mass is 15.0. The first-order chi connectivity index (χ1) is 9.42. The Morgan fingerprint density at radius 1 is 0.474 bits per heavy atom. The molecule has 4 heterocycles. The largest absolute Gasteiger partial charge is 0.311 e. The minimum absolute atomic E-state index is 1.19. The van der Waals surface area contributed by atoms with Gasteiger partial charge >= 0.3 is 0 Å². The molecule has 0 unspecified atom stereocenters. The minimum Gasteiger partial charge on any atom is -0.311 e. The van der Waals surface area contributed by atoms with E-state index in [-0.39, 0.29) is 0 Å². The van der Waals surface area contributed by atoms with E-state index < -0.39 is 0 Å². The van der Waals surface area contributed by atoms with Gasteiger partial charge in [-0.3, -0.25) is 0 Å². The predicted octanol–water partition coefficient (Wildman–Crippen LogP) is 4.78. The summed E-state index contributed by atoms with van der Waals surface area (Å²) in [6, 6.07) is 27.9. The van der Waals surface area contributed by atoms with E-state index in [1.807, 2.05) is 6.07 Å². The third-order valence-electron chi connectivity index (χ3n) is 3.60. The number of nitrogens with zero attached hydrogens (tertiary/aromatic N) is 1. The van der Waals surface area contributed by atoms with E-state index >= 15 is 0 Å². The molecule has 0 spiro atoms. The van der Waals surface area contributed by atoms with Crippen LogP contribution >= 0.6 is 0 Å². The molecule has 3 aromatic carbocycles. The van der Waals surface area contributed by atoms with Gasteiger partial charge in [-0.05, 0) is 47.2 Å². The Hall–Kier alpha value is -2.54. The highest BCUT2D eigenvalue weighted by Gasteiger charge is 2.01. The molecule has 0 atom stereocenters. The first-order valence-electron chi connectivity index (χ1n) is 6.47. The molecule has 0 aliphatic heterocycles. The minimum atomic E-state index is 1.19. The van der Waals surface area contributed by atoms with Crippen LogP contribution in [-0.2, 0) is 0 Å². The maximum absolute atomic E-state index is 2.28. The molecular weight excluding hydrogens is 230 g/mol. The number of benzene rings is 3. The number of para-hydroxylation sites is 1. The van der Waals surface area contributed by atoms with Gasteiger partial charge in [0.1, 0.15) is 0 Å². The normalized spacial score (nSPS) is 11.2. The average molecular weight is 243 g/mol. The third-order valence-corrected chi connectivity index (χ3v) is 3.60. The molecule has 0 aliphatic rings. The molecular formula is C18H13N. The number of rotatable bonds is 1. The fourth-order valence-corrected chi connectivity index (χ4v) is 2.63. The molecule has 0 N–H and O–H groups in total. The summed E-state index contributed by atoms with van der Waals surface area (Å²) in [5.41, 5.74) is 3.58. The van der Waals surface area contributed by atoms with Crippen molar-refractivity contribution < 1.29 is 0 Å². The number of hydrogen-bond acceptors (Lipinski definition) is 0. The van der Waals surface area contributed by atoms with Crippen molar-refractivity contribution in [2.45, 2.75) is 0 Å². The molecule has 0 saturated carbocycles. The zero-order valence-corrected chi connectivity index (χ0v) is 10.5. The summed E-state index contributed by atoms with van der Waals surface area (Å²) in [4.78, 5) is 0. The van der Waals surface area contributed by atoms with Crippen molar-refractivity contribution in [3.8, 4) is 5.69 Å². The van der Waals surface area contributed by atoms with Crippen molar-refractivity contribution in [3.05, 3.63) is 78.9 Å². The first-order valence-corrected chi connectivity index (χ1v) is 6.47. The summed E-state index contributed by atoms with van der Waals surface area (Å²) in [5.74, 6) is 0. The molecule has 7 rings (SSSR count). The van der Waals surface area contributed by atoms with E-state index in [0.717, 1.165) is 0 Å². The summed E-state index contributed by atoms with van der Waals surface area (Å²) in [6.07, 6.45) is 0. The van der Waals surface area contributed by atoms with Crippen molar-refractivity contribution in [1.82, 2.24) is 4.57 Å². The lowest BCUT2D eigenvalue weighted by Crippen LogP contribution is -1.95. The van der Waals surface area contributed by atoms with Crippen molar-refractivity contribution in [2.75, 3.05) is 0 Å². The highest BCUT2D eigenvalue weighted by molar-refractivity contribution is 5.86. The lowest BCUT2D eigenvalue weighted by Gasteiger charge is -2.09. The SMILES string of the molecule is c1ccc(-n2c3ccc(cc3)c3ccc2cc3)cc1. The van der Waals surface area contributed by atoms with Crippen LogP contribution in [0.4, 0.5) is 0 Å². The molecule has 19 heavy (non-hydrogen) atoms. The molecule has 0 amide bonds. The Kier molecular flexibility index (Phi) is 2.18. The van der Waals surface area contributed by atoms with E-state index in [1.165, 1.54) is 27.5 Å². The van der Waals surface area contributed by atoms with E-state index in [0.29, 0.717) is 0 Å². The summed E-state index contributed by atoms with van der Waals surface area (Å²) in [5, 5.41) is 2.54. The second kappa shape index (κ2) is 3.99. The van der Waals surface area contributed by atoms with Gasteiger partial charge in [-0.1, -0.05) is 42.5 Å². The van der Waals surface area contributed by atoms with E-state index in [1.54, 1.807) is 0 Å². The van der Waals surface area contributed by atoms with Crippen LogP contribution in [0.15, 0.2) is 78.9 Å². The first kappa shape index (κ1) is 10.4. The maximum atomic E-state index is 2.28. The summed E-state index contributed by atoms with van der Waals surface area (Å²) < 4.78 is 2.28. The topological polar surface area (TPSA) is 4.93 Å². The van der Waals surface area contributed by atoms with Gasteiger partial charge < -0.3 is 4.57 Å². The van der Waals surface area contributed by atoms with Crippen LogP contribution in [0.1, 0.15) is 0 Å². The molecule has 0 radical (unpaired) electrons. The van der Waals surface area contributed by atoms with Crippen molar-refractivity contribution in [2.24, 2.45) is 0 Å². The summed E-state index contributed by atoms with van der Waals surface area (Å²) in [7, 11) is 0. The van der Waals surface area contributed by atoms with Crippen LogP contribution in [0.3, 0.4) is 0 Å². The zero-order chi connectivity index (χ0) is 12.7. The second-order valence-electron chi connectivity index (χ2n) is 4.76. The standard InChI is InChI=1S/C18H13N/c1-2-4-16(5-3-1)19-17-10-6-14(7-11-17)15-8-12-18(19)13-9-15/h1-13H. The molecule has 0 aliphatic carbocycles. The third kappa shape index (κ3) is 1.63. The maximum Gasteiger partial charge on any atom is 0.0462 e. The van der Waals surface area contributed by atoms with Crippen LogP contribution in [0.25, 0.3) is 27.5 Å². The van der Waals surface area contributed by atoms with Gasteiger partial charge in [0, 0.05) is 16.7 Å². The Bertz CT molecular complexity index is 763. The molecule has 0 fully saturated rings. The molecule has 0 saturated heterocycles. The number of aromatic nitrogens is 1. The molecule has 1 nitrogen and oxygen atoms in total. The van der Waals surface area contributed by atoms with Gasteiger partial charge in [-0.25, -0.2) is 0 Å². The molecule has 90 valence electrons. The fourth-order valence-electron chi connectivity index (χ4n) is 2.63. The predicted molar refractivity (Wildman–Crippen MR) is 80.8 cm³/mol. The van der Waals surface area contributed by atoms with Gasteiger partial charge in [-0.15, -0.1) is 0 Å². The second-order valence-corrected chi connectivity index (χ2v) is 4.76. The Morgan fingerprint density at radius 3 is 1.42 bits per heavy atom. The monoisotopic (exact) mass is 243 g/mol. The quantitative estimate of drug-likeness (QED) is 0.453. The van der Waals surface area contributed by atoms with E-state index in [2.05, 4.69) is 77.4 Å². The Labute approximate surface area is 111 Å². The van der Waals surface area contributed by atoms with Gasteiger partial charge in [0.2, 0.25) is 0 Å². The van der Waals surface area contributed by atoms with Crippen LogP contribution < -0.4 is 0 Å². The summed E-state index contributed by atoms with van der Waals surface area (Å²) in [6.45, 7) is 0. The molecule has 1 heteroatoms. The molecule has 7 aromatic rings. The van der Waals surface area contributed by atoms with Crippen LogP contribution in [0, 0.1) is 0 Å². The van der Waals surface area contributed by atoms with Gasteiger partial charge in [0.25, 0.3) is 0 Å². The number of hydrogen-bond donors (Lipinski definition) is 0. The van der Waals surface area contributed by atoms with Crippen LogP contribution in [-0.4, -0.2) is 4.57 Å². The van der Waals surface area contributed by atoms with Gasteiger partial charge in [0.05, 0.1) is 0 Å². The highest BCUT2D eigenvalue weighted by Crippen LogP contribution is 2.22. The van der Waals surface area contributed by atoms with E-state index in [4.69, 9.17) is 0 Å².